The van der Waals surface area contributed by atoms with Crippen LogP contribution >= 0.6 is 0 Å². The Bertz CT molecular complexity index is 309. The quantitative estimate of drug-likeness (QED) is 0.242. The molecule has 0 aliphatic rings. The van der Waals surface area contributed by atoms with Crippen molar-refractivity contribution in [3.63, 3.8) is 0 Å². The van der Waals surface area contributed by atoms with Crippen molar-refractivity contribution in [2.75, 3.05) is 19.8 Å². The molecule has 110 valence electrons. The molecule has 0 saturated carbocycles. The molecule has 10 nitrogen and oxygen atoms in total. The van der Waals surface area contributed by atoms with Crippen molar-refractivity contribution >= 4 is 12.1 Å². The van der Waals surface area contributed by atoms with Gasteiger partial charge in [-0.1, -0.05) is 0 Å². The summed E-state index contributed by atoms with van der Waals surface area (Å²) in [5.74, 6) is -1.28. The molecule has 0 aromatic rings. The fourth-order valence-electron chi connectivity index (χ4n) is 0.946. The van der Waals surface area contributed by atoms with Crippen molar-refractivity contribution in [3.05, 3.63) is 10.1 Å². The number of aliphatic carboxylic acids is 1. The monoisotopic (exact) mass is 280 g/mol. The van der Waals surface area contributed by atoms with Crippen molar-refractivity contribution in [1.29, 1.82) is 0 Å². The van der Waals surface area contributed by atoms with Crippen LogP contribution in [0.4, 0.5) is 4.79 Å². The summed E-state index contributed by atoms with van der Waals surface area (Å²) in [7, 11) is 0. The summed E-state index contributed by atoms with van der Waals surface area (Å²) in [5, 5.41) is 17.3. The van der Waals surface area contributed by atoms with Gasteiger partial charge in [-0.2, -0.15) is 0 Å². The summed E-state index contributed by atoms with van der Waals surface area (Å²) in [5.41, 5.74) is 5.10. The molecule has 0 aromatic carbocycles. The van der Waals surface area contributed by atoms with Crippen LogP contribution in [-0.4, -0.2) is 48.2 Å². The molecule has 1 atom stereocenters. The Morgan fingerprint density at radius 2 is 1.84 bits per heavy atom. The molecule has 0 saturated heterocycles. The fraction of sp³-hybridized carbons (Fsp3) is 0.778. The average Bonchev–Trinajstić information content (AvgIpc) is 2.34. The molecular formula is C9H16N2O8. The highest BCUT2D eigenvalue weighted by atomic mass is 16.9. The van der Waals surface area contributed by atoms with Crippen LogP contribution in [0.1, 0.15) is 19.3 Å². The van der Waals surface area contributed by atoms with E-state index in [0.717, 1.165) is 0 Å². The zero-order valence-corrected chi connectivity index (χ0v) is 10.1. The molecule has 0 aromatic heterocycles. The first-order chi connectivity index (χ1) is 8.93. The van der Waals surface area contributed by atoms with Gasteiger partial charge in [0, 0.05) is 0 Å². The second kappa shape index (κ2) is 9.88. The van der Waals surface area contributed by atoms with Crippen LogP contribution in [0.15, 0.2) is 0 Å². The van der Waals surface area contributed by atoms with E-state index in [-0.39, 0.29) is 13.2 Å². The zero-order chi connectivity index (χ0) is 14.7. The summed E-state index contributed by atoms with van der Waals surface area (Å²) < 4.78 is 9.06. The van der Waals surface area contributed by atoms with Crippen LogP contribution in [0.3, 0.4) is 0 Å². The normalized spacial score (nSPS) is 11.4. The van der Waals surface area contributed by atoms with Gasteiger partial charge in [0.2, 0.25) is 0 Å². The molecule has 0 rings (SSSR count). The van der Waals surface area contributed by atoms with Gasteiger partial charge in [0.25, 0.3) is 5.09 Å². The molecule has 0 bridgehead atoms. The number of nitrogens with two attached hydrogens (primary N) is 1. The maximum atomic E-state index is 10.9. The van der Waals surface area contributed by atoms with Crippen LogP contribution in [0.2, 0.25) is 0 Å². The molecule has 0 heterocycles. The topological polar surface area (TPSA) is 151 Å². The van der Waals surface area contributed by atoms with Crippen molar-refractivity contribution in [3.8, 4) is 0 Å². The van der Waals surface area contributed by atoms with E-state index in [1.54, 1.807) is 0 Å². The lowest BCUT2D eigenvalue weighted by Crippen LogP contribution is -2.35. The Morgan fingerprint density at radius 1 is 1.21 bits per heavy atom. The summed E-state index contributed by atoms with van der Waals surface area (Å²) in [4.78, 5) is 35.1. The maximum absolute atomic E-state index is 10.9. The molecule has 0 fully saturated rings. The highest BCUT2D eigenvalue weighted by Crippen LogP contribution is 1.98. The minimum Gasteiger partial charge on any atom is -0.480 e. The van der Waals surface area contributed by atoms with Crippen molar-refractivity contribution in [2.24, 2.45) is 5.73 Å². The molecular weight excluding hydrogens is 264 g/mol. The third-order valence-corrected chi connectivity index (χ3v) is 1.90. The number of rotatable bonds is 10. The van der Waals surface area contributed by atoms with Gasteiger partial charge >= 0.3 is 12.1 Å². The van der Waals surface area contributed by atoms with Gasteiger partial charge in [0.1, 0.15) is 12.6 Å². The lowest BCUT2D eigenvalue weighted by Gasteiger charge is -2.08. The van der Waals surface area contributed by atoms with Crippen molar-refractivity contribution in [2.45, 2.75) is 25.3 Å². The number of nitrogens with zero attached hydrogens (tertiary/aromatic N) is 1. The van der Waals surface area contributed by atoms with Gasteiger partial charge < -0.3 is 25.2 Å². The van der Waals surface area contributed by atoms with Crippen molar-refractivity contribution in [1.82, 2.24) is 0 Å². The number of ether oxygens (including phenoxy) is 2. The Kier molecular flexibility index (Phi) is 8.79. The second-order valence-electron chi connectivity index (χ2n) is 3.47. The summed E-state index contributed by atoms with van der Waals surface area (Å²) in [6, 6.07) is -1.29. The first-order valence-corrected chi connectivity index (χ1v) is 5.48. The van der Waals surface area contributed by atoms with Crippen LogP contribution in [0.5, 0.6) is 0 Å². The highest BCUT2D eigenvalue weighted by molar-refractivity contribution is 5.73. The van der Waals surface area contributed by atoms with E-state index >= 15 is 0 Å². The largest absolute Gasteiger partial charge is 0.508 e. The summed E-state index contributed by atoms with van der Waals surface area (Å²) in [6.45, 7) is -0.407. The Hall–Kier alpha value is -2.10. The third kappa shape index (κ3) is 10.8. The number of carbonyl (C=O) groups excluding carboxylic acids is 1. The van der Waals surface area contributed by atoms with Crippen molar-refractivity contribution < 1.29 is 34.1 Å². The molecule has 19 heavy (non-hydrogen) atoms. The summed E-state index contributed by atoms with van der Waals surface area (Å²) in [6.07, 6.45) is 0.526. The van der Waals surface area contributed by atoms with Gasteiger partial charge in [-0.3, -0.25) is 4.79 Å². The van der Waals surface area contributed by atoms with E-state index in [1.807, 2.05) is 0 Å². The first kappa shape index (κ1) is 16.9. The van der Waals surface area contributed by atoms with Gasteiger partial charge in [0.05, 0.1) is 13.2 Å². The third-order valence-electron chi connectivity index (χ3n) is 1.90. The van der Waals surface area contributed by atoms with Crippen LogP contribution in [0.25, 0.3) is 0 Å². The molecule has 3 N–H and O–H groups in total. The van der Waals surface area contributed by atoms with Crippen LogP contribution in [-0.2, 0) is 19.1 Å². The number of unbranched alkanes of at least 4 members (excludes halogenated alkanes) is 2. The molecule has 1 unspecified atom stereocenters. The van der Waals surface area contributed by atoms with E-state index in [9.17, 15) is 19.7 Å². The molecule has 0 amide bonds. The van der Waals surface area contributed by atoms with E-state index < -0.39 is 29.9 Å². The van der Waals surface area contributed by atoms with E-state index in [0.29, 0.717) is 19.3 Å². The van der Waals surface area contributed by atoms with Crippen LogP contribution in [0, 0.1) is 10.1 Å². The Labute approximate surface area is 108 Å². The molecule has 10 heteroatoms. The first-order valence-electron chi connectivity index (χ1n) is 5.48. The molecule has 0 spiro atoms. The zero-order valence-electron chi connectivity index (χ0n) is 10.1. The van der Waals surface area contributed by atoms with Gasteiger partial charge in [0.15, 0.2) is 0 Å². The highest BCUT2D eigenvalue weighted by Gasteiger charge is 2.14. The smallest absolute Gasteiger partial charge is 0.480 e. The average molecular weight is 280 g/mol. The van der Waals surface area contributed by atoms with Gasteiger partial charge in [-0.25, -0.2) is 4.79 Å². The minimum absolute atomic E-state index is 0.00902. The molecule has 0 aliphatic heterocycles. The second-order valence-corrected chi connectivity index (χ2v) is 3.47. The minimum atomic E-state index is -1.29. The maximum Gasteiger partial charge on any atom is 0.508 e. The number of carboxylic acid groups (broad SMARTS) is 1. The predicted octanol–water partition coefficient (Wildman–Crippen LogP) is -0.0699. The standard InChI is InChI=1S/C9H16N2O8/c10-7(8(12)13)6-18-9(14)17-4-2-1-3-5-19-11(15)16/h7H,1-6,10H2,(H,12,13). The van der Waals surface area contributed by atoms with E-state index in [1.165, 1.54) is 0 Å². The van der Waals surface area contributed by atoms with Crippen LogP contribution < -0.4 is 5.73 Å². The fourth-order valence-corrected chi connectivity index (χ4v) is 0.946. The lowest BCUT2D eigenvalue weighted by molar-refractivity contribution is -0.757. The van der Waals surface area contributed by atoms with Gasteiger partial charge in [-0.05, 0) is 19.3 Å². The predicted molar refractivity (Wildman–Crippen MR) is 59.7 cm³/mol. The number of hydrogen-bond donors (Lipinski definition) is 2. The van der Waals surface area contributed by atoms with Gasteiger partial charge in [-0.15, -0.1) is 10.1 Å². The van der Waals surface area contributed by atoms with E-state index in [4.69, 9.17) is 10.8 Å². The SMILES string of the molecule is NC(COC(=O)OCCCCCO[N+](=O)[O-])C(=O)O. The molecule has 0 aliphatic carbocycles. The Balaban J connectivity index is 3.39. The lowest BCUT2D eigenvalue weighted by atomic mass is 10.2. The summed E-state index contributed by atoms with van der Waals surface area (Å²) >= 11 is 0. The number of carboxylic acids is 1. The molecule has 0 radical (unpaired) electrons. The number of carbonyl (C=O) groups is 2. The van der Waals surface area contributed by atoms with E-state index in [2.05, 4.69) is 14.3 Å². The number of hydrogen-bond acceptors (Lipinski definition) is 8. The Morgan fingerprint density at radius 3 is 2.42 bits per heavy atom.